The van der Waals surface area contributed by atoms with Crippen LogP contribution in [0.2, 0.25) is 0 Å². The Morgan fingerprint density at radius 3 is 2.79 bits per heavy atom. The summed E-state index contributed by atoms with van der Waals surface area (Å²) in [5, 5.41) is 0. The van der Waals surface area contributed by atoms with Crippen LogP contribution < -0.4 is 0 Å². The molecule has 0 aromatic rings. The number of ketones is 1. The molecule has 2 saturated carbocycles. The van der Waals surface area contributed by atoms with Gasteiger partial charge in [-0.1, -0.05) is 12.2 Å². The molecule has 0 heterocycles. The second-order valence-corrected chi connectivity index (χ2v) is 6.24. The quantitative estimate of drug-likeness (QED) is 0.539. The number of carbonyl (C=O) groups excluding carboxylic acids is 2. The summed E-state index contributed by atoms with van der Waals surface area (Å²) in [4.78, 5) is 23.8. The van der Waals surface area contributed by atoms with Gasteiger partial charge in [0, 0.05) is 19.3 Å². The first-order chi connectivity index (χ1) is 9.15. The van der Waals surface area contributed by atoms with E-state index in [1.165, 1.54) is 6.92 Å². The molecule has 19 heavy (non-hydrogen) atoms. The van der Waals surface area contributed by atoms with Crippen LogP contribution in [-0.4, -0.2) is 17.4 Å². The largest absolute Gasteiger partial charge is 0.458 e. The summed E-state index contributed by atoms with van der Waals surface area (Å²) in [7, 11) is 0. The maximum absolute atomic E-state index is 12.3. The van der Waals surface area contributed by atoms with Gasteiger partial charge in [-0.2, -0.15) is 0 Å². The Morgan fingerprint density at radius 1 is 1.32 bits per heavy atom. The zero-order valence-corrected chi connectivity index (χ0v) is 11.6. The lowest BCUT2D eigenvalue weighted by atomic mass is 9.46. The third-order valence-electron chi connectivity index (χ3n) is 5.25. The summed E-state index contributed by atoms with van der Waals surface area (Å²) in [5.74, 6) is 0.934. The monoisotopic (exact) mass is 262 g/mol. The zero-order valence-electron chi connectivity index (χ0n) is 11.6. The highest BCUT2D eigenvalue weighted by Crippen LogP contribution is 2.60. The van der Waals surface area contributed by atoms with Gasteiger partial charge in [0.2, 0.25) is 0 Å². The summed E-state index contributed by atoms with van der Waals surface area (Å²) in [6.07, 6.45) is 11.1. The van der Waals surface area contributed by atoms with E-state index >= 15 is 0 Å². The van der Waals surface area contributed by atoms with Crippen molar-refractivity contribution in [2.75, 3.05) is 0 Å². The highest BCUT2D eigenvalue weighted by molar-refractivity contribution is 5.85. The van der Waals surface area contributed by atoms with E-state index < -0.39 is 5.60 Å². The molecule has 0 radical (unpaired) electrons. The maximum Gasteiger partial charge on any atom is 0.303 e. The van der Waals surface area contributed by atoms with Crippen LogP contribution in [0.5, 0.6) is 0 Å². The van der Waals surface area contributed by atoms with Gasteiger partial charge in [-0.05, 0) is 44.4 Å². The topological polar surface area (TPSA) is 43.4 Å². The third kappa shape index (κ3) is 1.94. The fourth-order valence-corrected chi connectivity index (χ4v) is 4.70. The van der Waals surface area contributed by atoms with Crippen LogP contribution >= 0.6 is 0 Å². The second-order valence-electron chi connectivity index (χ2n) is 6.24. The summed E-state index contributed by atoms with van der Waals surface area (Å²) >= 11 is 0. The Kier molecular flexibility index (Phi) is 3.23. The van der Waals surface area contributed by atoms with Gasteiger partial charge in [0.25, 0.3) is 0 Å². The predicted molar refractivity (Wildman–Crippen MR) is 71.4 cm³/mol. The molecule has 0 aliphatic heterocycles. The molecule has 3 aliphatic carbocycles. The Bertz CT molecular complexity index is 426. The molecule has 104 valence electrons. The number of hydrogen-bond acceptors (Lipinski definition) is 3. The molecule has 2 fully saturated rings. The van der Waals surface area contributed by atoms with Gasteiger partial charge in [0.15, 0.2) is 0 Å². The van der Waals surface area contributed by atoms with E-state index in [9.17, 15) is 9.59 Å². The predicted octanol–water partition coefficient (Wildman–Crippen LogP) is 3.03. The molecule has 3 aliphatic rings. The van der Waals surface area contributed by atoms with Crippen molar-refractivity contribution in [2.24, 2.45) is 17.8 Å². The van der Waals surface area contributed by atoms with Crippen LogP contribution in [0.15, 0.2) is 12.2 Å². The van der Waals surface area contributed by atoms with Gasteiger partial charge >= 0.3 is 5.97 Å². The number of fused-ring (bicyclic) bond motifs is 4. The van der Waals surface area contributed by atoms with Crippen LogP contribution in [0.25, 0.3) is 0 Å². The molecule has 4 atom stereocenters. The van der Waals surface area contributed by atoms with Crippen LogP contribution in [-0.2, 0) is 14.3 Å². The van der Waals surface area contributed by atoms with Gasteiger partial charge in [0.1, 0.15) is 11.4 Å². The van der Waals surface area contributed by atoms with Crippen molar-refractivity contribution in [3.63, 3.8) is 0 Å². The highest BCUT2D eigenvalue weighted by Gasteiger charge is 2.66. The minimum atomic E-state index is -0.447. The van der Waals surface area contributed by atoms with Gasteiger partial charge in [-0.3, -0.25) is 9.59 Å². The molecule has 0 aromatic carbocycles. The molecular formula is C16H22O3. The molecular weight excluding hydrogens is 240 g/mol. The van der Waals surface area contributed by atoms with Crippen LogP contribution in [0.3, 0.4) is 0 Å². The van der Waals surface area contributed by atoms with Crippen molar-refractivity contribution in [1.29, 1.82) is 0 Å². The molecule has 3 rings (SSSR count). The number of allylic oxidation sites excluding steroid dienone is 2. The van der Waals surface area contributed by atoms with Crippen molar-refractivity contribution in [2.45, 2.75) is 57.5 Å². The van der Waals surface area contributed by atoms with Crippen molar-refractivity contribution in [1.82, 2.24) is 0 Å². The SMILES string of the molecule is CC(=O)O[C@@]12CCCC(=O)[C@@H]1[C@H]1CC/C=C/CC[C@@H]12. The first kappa shape index (κ1) is 12.9. The number of Topliss-reactive ketones (excluding diaryl/α,β-unsaturated/α-hetero) is 1. The summed E-state index contributed by atoms with van der Waals surface area (Å²) < 4.78 is 5.73. The number of ether oxygens (including phenoxy) is 1. The normalized spacial score (nSPS) is 43.0. The first-order valence-corrected chi connectivity index (χ1v) is 7.52. The Labute approximate surface area is 114 Å². The van der Waals surface area contributed by atoms with E-state index in [0.29, 0.717) is 24.0 Å². The average Bonchev–Trinajstić information content (AvgIpc) is 2.30. The smallest absolute Gasteiger partial charge is 0.303 e. The van der Waals surface area contributed by atoms with Crippen molar-refractivity contribution in [3.05, 3.63) is 12.2 Å². The molecule has 0 N–H and O–H groups in total. The van der Waals surface area contributed by atoms with Crippen molar-refractivity contribution in [3.8, 4) is 0 Å². The fourth-order valence-electron chi connectivity index (χ4n) is 4.70. The molecule has 0 unspecified atom stereocenters. The lowest BCUT2D eigenvalue weighted by Gasteiger charge is -2.62. The lowest BCUT2D eigenvalue weighted by Crippen LogP contribution is -2.68. The number of carbonyl (C=O) groups is 2. The first-order valence-electron chi connectivity index (χ1n) is 7.52. The molecule has 0 aromatic heterocycles. The maximum atomic E-state index is 12.3. The highest BCUT2D eigenvalue weighted by atomic mass is 16.6. The molecule has 3 heteroatoms. The van der Waals surface area contributed by atoms with E-state index in [1.54, 1.807) is 0 Å². The van der Waals surface area contributed by atoms with E-state index in [1.807, 2.05) is 0 Å². The Hall–Kier alpha value is -1.12. The van der Waals surface area contributed by atoms with Gasteiger partial charge in [-0.15, -0.1) is 0 Å². The zero-order chi connectivity index (χ0) is 13.5. The third-order valence-corrected chi connectivity index (χ3v) is 5.25. The van der Waals surface area contributed by atoms with E-state index in [-0.39, 0.29) is 11.9 Å². The van der Waals surface area contributed by atoms with Gasteiger partial charge in [0.05, 0.1) is 5.92 Å². The average molecular weight is 262 g/mol. The van der Waals surface area contributed by atoms with E-state index in [4.69, 9.17) is 4.74 Å². The minimum Gasteiger partial charge on any atom is -0.458 e. The molecule has 0 spiro atoms. The Morgan fingerprint density at radius 2 is 2.05 bits per heavy atom. The van der Waals surface area contributed by atoms with Crippen LogP contribution in [0, 0.1) is 17.8 Å². The molecule has 0 bridgehead atoms. The number of rotatable bonds is 1. The minimum absolute atomic E-state index is 0.0124. The van der Waals surface area contributed by atoms with Gasteiger partial charge in [-0.25, -0.2) is 0 Å². The summed E-state index contributed by atoms with van der Waals surface area (Å²) in [6.45, 7) is 1.47. The van der Waals surface area contributed by atoms with E-state index in [0.717, 1.165) is 38.5 Å². The van der Waals surface area contributed by atoms with Crippen LogP contribution in [0.4, 0.5) is 0 Å². The van der Waals surface area contributed by atoms with E-state index in [2.05, 4.69) is 12.2 Å². The molecule has 3 nitrogen and oxygen atoms in total. The standard InChI is InChI=1S/C16H22O3/c1-11(17)19-16-10-6-9-14(18)15(16)12-7-4-2-3-5-8-13(12)16/h2-3,12-13,15H,4-10H2,1H3/b3-2+/t12-,13-,15-,16+/m0/s1. The van der Waals surface area contributed by atoms with Crippen LogP contribution in [0.1, 0.15) is 51.9 Å². The second kappa shape index (κ2) is 4.77. The number of hydrogen-bond donors (Lipinski definition) is 0. The summed E-state index contributed by atoms with van der Waals surface area (Å²) in [6, 6.07) is 0. The Balaban J connectivity index is 1.90. The van der Waals surface area contributed by atoms with Crippen molar-refractivity contribution >= 4 is 11.8 Å². The molecule has 0 amide bonds. The summed E-state index contributed by atoms with van der Waals surface area (Å²) in [5.41, 5.74) is -0.447. The van der Waals surface area contributed by atoms with Gasteiger partial charge < -0.3 is 4.74 Å². The fraction of sp³-hybridized carbons (Fsp3) is 0.750. The van der Waals surface area contributed by atoms with Crippen molar-refractivity contribution < 1.29 is 14.3 Å². The molecule has 0 saturated heterocycles. The lowest BCUT2D eigenvalue weighted by molar-refractivity contribution is -0.234. The number of esters is 1.